The number of amidine groups is 1. The molecule has 3 aromatic rings. The number of rotatable bonds is 8. The summed E-state index contributed by atoms with van der Waals surface area (Å²) in [6.07, 6.45) is 5.49. The number of nitrogens with zero attached hydrogens (tertiary/aromatic N) is 4. The monoisotopic (exact) mass is 511 g/mol. The zero-order valence-corrected chi connectivity index (χ0v) is 22.7. The molecule has 8 heteroatoms. The van der Waals surface area contributed by atoms with Crippen LogP contribution < -0.4 is 21.3 Å². The van der Waals surface area contributed by atoms with Gasteiger partial charge >= 0.3 is 0 Å². The molecule has 0 atom stereocenters. The molecule has 38 heavy (non-hydrogen) atoms. The minimum absolute atomic E-state index is 0.0454. The van der Waals surface area contributed by atoms with Crippen LogP contribution in [0.2, 0.25) is 0 Å². The van der Waals surface area contributed by atoms with E-state index in [1.165, 1.54) is 5.56 Å². The molecule has 2 aromatic carbocycles. The van der Waals surface area contributed by atoms with Gasteiger partial charge in [0.1, 0.15) is 5.69 Å². The number of hydrogen-bond acceptors (Lipinski definition) is 6. The smallest absolute Gasteiger partial charge is 0.251 e. The first kappa shape index (κ1) is 26.9. The predicted octanol–water partition coefficient (Wildman–Crippen LogP) is 5.21. The van der Waals surface area contributed by atoms with E-state index in [1.807, 2.05) is 25.1 Å². The minimum atomic E-state index is -0.173. The van der Waals surface area contributed by atoms with Crippen molar-refractivity contribution in [3.63, 3.8) is 0 Å². The van der Waals surface area contributed by atoms with Gasteiger partial charge in [-0.25, -0.2) is 15.0 Å². The minimum Gasteiger partial charge on any atom is -0.382 e. The number of anilines is 2. The van der Waals surface area contributed by atoms with E-state index in [1.54, 1.807) is 24.5 Å². The zero-order chi connectivity index (χ0) is 27.3. The quantitative estimate of drug-likeness (QED) is 0.283. The number of carbonyl (C=O) groups is 1. The van der Waals surface area contributed by atoms with Crippen molar-refractivity contribution in [1.82, 2.24) is 15.3 Å². The molecule has 4 N–H and O–H groups in total. The highest BCUT2D eigenvalue weighted by atomic mass is 16.1. The molecule has 1 aliphatic heterocycles. The maximum absolute atomic E-state index is 13.0. The standard InChI is InChI=1S/C30H37N7O/c1-6-32-25-19-34-29(37-14-7-8-15-37)36-26(25)27(31)35-24-17-22(13-12-20(24)2)28(38)33-18-21-10-9-11-23(16-21)30(3,4)5/h6,9-13,16-17,19,32H,1,7-8,14-15,18H2,2-5H3,(H2,31,35)(H,33,38). The molecule has 0 aliphatic carbocycles. The topological polar surface area (TPSA) is 109 Å². The molecular formula is C30H37N7O. The number of nitrogens with one attached hydrogen (secondary N) is 2. The maximum Gasteiger partial charge on any atom is 0.251 e. The molecule has 4 rings (SSSR count). The highest BCUT2D eigenvalue weighted by Crippen LogP contribution is 2.25. The Balaban J connectivity index is 1.56. The Labute approximate surface area is 225 Å². The number of carbonyl (C=O) groups excluding carboxylic acids is 1. The fraction of sp³-hybridized carbons (Fsp3) is 0.333. The molecule has 0 saturated carbocycles. The Morgan fingerprint density at radius 2 is 1.95 bits per heavy atom. The predicted molar refractivity (Wildman–Crippen MR) is 155 cm³/mol. The van der Waals surface area contributed by atoms with Crippen molar-refractivity contribution in [1.29, 1.82) is 0 Å². The number of aromatic nitrogens is 2. The van der Waals surface area contributed by atoms with Crippen LogP contribution >= 0.6 is 0 Å². The molecule has 8 nitrogen and oxygen atoms in total. The molecule has 1 amide bonds. The second-order valence-corrected chi connectivity index (χ2v) is 10.6. The molecule has 1 fully saturated rings. The molecule has 1 saturated heterocycles. The lowest BCUT2D eigenvalue weighted by atomic mass is 9.86. The van der Waals surface area contributed by atoms with Crippen molar-refractivity contribution in [2.45, 2.75) is 52.5 Å². The van der Waals surface area contributed by atoms with Gasteiger partial charge in [0.15, 0.2) is 5.84 Å². The molecule has 0 spiro atoms. The lowest BCUT2D eigenvalue weighted by molar-refractivity contribution is 0.0951. The molecular weight excluding hydrogens is 474 g/mol. The molecule has 198 valence electrons. The molecule has 2 heterocycles. The van der Waals surface area contributed by atoms with Gasteiger partial charge in [0.25, 0.3) is 5.91 Å². The van der Waals surface area contributed by atoms with Crippen LogP contribution in [0.5, 0.6) is 0 Å². The first-order chi connectivity index (χ1) is 18.2. The fourth-order valence-corrected chi connectivity index (χ4v) is 4.34. The van der Waals surface area contributed by atoms with E-state index in [2.05, 4.69) is 65.0 Å². The van der Waals surface area contributed by atoms with Crippen LogP contribution in [-0.4, -0.2) is 34.8 Å². The average Bonchev–Trinajstić information content (AvgIpc) is 3.44. The normalized spacial score (nSPS) is 13.9. The van der Waals surface area contributed by atoms with E-state index in [4.69, 9.17) is 10.7 Å². The van der Waals surface area contributed by atoms with Gasteiger partial charge in [0.05, 0.1) is 17.6 Å². The maximum atomic E-state index is 13.0. The number of nitrogens with two attached hydrogens (primary N) is 1. The summed E-state index contributed by atoms with van der Waals surface area (Å²) in [6.45, 7) is 14.5. The second kappa shape index (κ2) is 11.5. The van der Waals surface area contributed by atoms with Gasteiger partial charge in [-0.2, -0.15) is 0 Å². The third-order valence-corrected chi connectivity index (χ3v) is 6.62. The SMILES string of the molecule is C=CNc1cnc(N2CCCC2)nc1C(N)=Nc1cc(C(=O)NCc2cccc(C(C)(C)C)c2)ccc1C. The van der Waals surface area contributed by atoms with Crippen LogP contribution in [0.1, 0.15) is 66.4 Å². The molecule has 1 aromatic heterocycles. The number of aryl methyl sites for hydroxylation is 1. The third kappa shape index (κ3) is 6.37. The van der Waals surface area contributed by atoms with E-state index < -0.39 is 0 Å². The summed E-state index contributed by atoms with van der Waals surface area (Å²) in [6, 6.07) is 13.7. The first-order valence-electron chi connectivity index (χ1n) is 13.0. The Morgan fingerprint density at radius 1 is 1.18 bits per heavy atom. The lowest BCUT2D eigenvalue weighted by Crippen LogP contribution is -2.24. The van der Waals surface area contributed by atoms with E-state index >= 15 is 0 Å². The van der Waals surface area contributed by atoms with Gasteiger partial charge in [0.2, 0.25) is 5.95 Å². The van der Waals surface area contributed by atoms with Crippen LogP contribution in [0.15, 0.2) is 66.4 Å². The Kier molecular flexibility index (Phi) is 8.10. The highest BCUT2D eigenvalue weighted by molar-refractivity contribution is 6.03. The van der Waals surface area contributed by atoms with Gasteiger partial charge in [-0.1, -0.05) is 57.7 Å². The van der Waals surface area contributed by atoms with Gasteiger partial charge in [-0.3, -0.25) is 4.79 Å². The molecule has 0 radical (unpaired) electrons. The van der Waals surface area contributed by atoms with E-state index in [-0.39, 0.29) is 17.2 Å². The number of hydrogen-bond donors (Lipinski definition) is 3. The van der Waals surface area contributed by atoms with Crippen molar-refractivity contribution in [3.8, 4) is 0 Å². The Bertz CT molecular complexity index is 1350. The van der Waals surface area contributed by atoms with Crippen molar-refractivity contribution in [3.05, 3.63) is 89.4 Å². The molecule has 0 bridgehead atoms. The van der Waals surface area contributed by atoms with Crippen LogP contribution in [0.3, 0.4) is 0 Å². The summed E-state index contributed by atoms with van der Waals surface area (Å²) in [5.41, 5.74) is 11.9. The second-order valence-electron chi connectivity index (χ2n) is 10.6. The van der Waals surface area contributed by atoms with Crippen molar-refractivity contribution in [2.75, 3.05) is 23.3 Å². The van der Waals surface area contributed by atoms with Crippen molar-refractivity contribution < 1.29 is 4.79 Å². The van der Waals surface area contributed by atoms with Gasteiger partial charge in [-0.05, 0) is 60.2 Å². The Hall–Kier alpha value is -4.20. The van der Waals surface area contributed by atoms with Gasteiger partial charge in [0, 0.05) is 25.2 Å². The number of benzene rings is 2. The summed E-state index contributed by atoms with van der Waals surface area (Å²) in [5, 5.41) is 6.07. The van der Waals surface area contributed by atoms with E-state index in [0.29, 0.717) is 35.1 Å². The third-order valence-electron chi connectivity index (χ3n) is 6.62. The summed E-state index contributed by atoms with van der Waals surface area (Å²) in [4.78, 5) is 29.0. The lowest BCUT2D eigenvalue weighted by Gasteiger charge is -2.19. The summed E-state index contributed by atoms with van der Waals surface area (Å²) >= 11 is 0. The largest absolute Gasteiger partial charge is 0.382 e. The number of amides is 1. The zero-order valence-electron chi connectivity index (χ0n) is 22.7. The average molecular weight is 512 g/mol. The van der Waals surface area contributed by atoms with Crippen LogP contribution in [0, 0.1) is 6.92 Å². The first-order valence-corrected chi connectivity index (χ1v) is 13.0. The summed E-state index contributed by atoms with van der Waals surface area (Å²) < 4.78 is 0. The van der Waals surface area contributed by atoms with Crippen LogP contribution in [0.25, 0.3) is 0 Å². The van der Waals surface area contributed by atoms with Gasteiger partial charge < -0.3 is 21.3 Å². The molecule has 1 aliphatic rings. The van der Waals surface area contributed by atoms with E-state index in [9.17, 15) is 4.79 Å². The van der Waals surface area contributed by atoms with Crippen LogP contribution in [-0.2, 0) is 12.0 Å². The van der Waals surface area contributed by atoms with Crippen LogP contribution in [0.4, 0.5) is 17.3 Å². The Morgan fingerprint density at radius 3 is 2.66 bits per heavy atom. The molecule has 0 unspecified atom stereocenters. The highest BCUT2D eigenvalue weighted by Gasteiger charge is 2.19. The van der Waals surface area contributed by atoms with Gasteiger partial charge in [-0.15, -0.1) is 0 Å². The number of aliphatic imine (C=N–C) groups is 1. The van der Waals surface area contributed by atoms with E-state index in [0.717, 1.165) is 37.1 Å². The van der Waals surface area contributed by atoms with Crippen molar-refractivity contribution >= 4 is 29.1 Å². The summed E-state index contributed by atoms with van der Waals surface area (Å²) in [5.74, 6) is 0.691. The fourth-order valence-electron chi connectivity index (χ4n) is 4.34. The summed E-state index contributed by atoms with van der Waals surface area (Å²) in [7, 11) is 0. The van der Waals surface area contributed by atoms with Crippen molar-refractivity contribution in [2.24, 2.45) is 10.7 Å².